The molecule has 0 saturated heterocycles. The predicted octanol–water partition coefficient (Wildman–Crippen LogP) is 2.55. The molecule has 19 heavy (non-hydrogen) atoms. The lowest BCUT2D eigenvalue weighted by molar-refractivity contribution is 0.0943. The third-order valence-electron chi connectivity index (χ3n) is 3.93. The van der Waals surface area contributed by atoms with Gasteiger partial charge in [0.2, 0.25) is 0 Å². The van der Waals surface area contributed by atoms with Crippen LogP contribution in [0.3, 0.4) is 0 Å². The zero-order valence-electron chi connectivity index (χ0n) is 11.9. The molecule has 2 rings (SSSR count). The lowest BCUT2D eigenvalue weighted by Crippen LogP contribution is -2.34. The van der Waals surface area contributed by atoms with Crippen molar-refractivity contribution in [3.63, 3.8) is 0 Å². The Morgan fingerprint density at radius 2 is 1.74 bits per heavy atom. The summed E-state index contributed by atoms with van der Waals surface area (Å²) in [6.45, 7) is 4.82. The molecule has 1 aliphatic carbocycles. The topological polar surface area (TPSA) is 55.1 Å². The van der Waals surface area contributed by atoms with Crippen molar-refractivity contribution in [2.45, 2.75) is 45.6 Å². The molecule has 0 spiro atoms. The number of carbonyl (C=O) groups excluding carboxylic acids is 1. The third kappa shape index (κ3) is 4.06. The van der Waals surface area contributed by atoms with E-state index in [0.717, 1.165) is 48.9 Å². The average molecular weight is 260 g/mol. The molecule has 0 bridgehead atoms. The average Bonchev–Trinajstić information content (AvgIpc) is 2.36. The van der Waals surface area contributed by atoms with Gasteiger partial charge in [-0.3, -0.25) is 4.79 Å². The van der Waals surface area contributed by atoms with Crippen molar-refractivity contribution in [1.29, 1.82) is 0 Å². The van der Waals surface area contributed by atoms with E-state index in [1.165, 1.54) is 0 Å². The van der Waals surface area contributed by atoms with E-state index in [9.17, 15) is 4.79 Å². The van der Waals surface area contributed by atoms with E-state index < -0.39 is 0 Å². The third-order valence-corrected chi connectivity index (χ3v) is 3.93. The SMILES string of the molecule is Cc1cc(C)cc(C(=O)NCC2CCC(N)CC2)c1. The van der Waals surface area contributed by atoms with Gasteiger partial charge in [-0.05, 0) is 57.6 Å². The number of carbonyl (C=O) groups is 1. The van der Waals surface area contributed by atoms with Crippen LogP contribution in [0.4, 0.5) is 0 Å². The van der Waals surface area contributed by atoms with Crippen molar-refractivity contribution >= 4 is 5.91 Å². The number of rotatable bonds is 3. The van der Waals surface area contributed by atoms with E-state index in [4.69, 9.17) is 5.73 Å². The lowest BCUT2D eigenvalue weighted by Gasteiger charge is -2.26. The number of hydrogen-bond donors (Lipinski definition) is 2. The van der Waals surface area contributed by atoms with Gasteiger partial charge in [-0.1, -0.05) is 17.2 Å². The van der Waals surface area contributed by atoms with Gasteiger partial charge < -0.3 is 11.1 Å². The molecule has 1 aromatic carbocycles. The van der Waals surface area contributed by atoms with Gasteiger partial charge in [0.15, 0.2) is 0 Å². The number of amides is 1. The first kappa shape index (κ1) is 14.1. The van der Waals surface area contributed by atoms with E-state index in [0.29, 0.717) is 12.0 Å². The summed E-state index contributed by atoms with van der Waals surface area (Å²) in [4.78, 5) is 12.1. The molecule has 1 fully saturated rings. The predicted molar refractivity (Wildman–Crippen MR) is 78.2 cm³/mol. The summed E-state index contributed by atoms with van der Waals surface area (Å²) in [5, 5.41) is 3.06. The van der Waals surface area contributed by atoms with Crippen molar-refractivity contribution in [3.05, 3.63) is 34.9 Å². The molecule has 0 atom stereocenters. The van der Waals surface area contributed by atoms with Crippen LogP contribution in [0.15, 0.2) is 18.2 Å². The Hall–Kier alpha value is -1.35. The molecule has 0 unspecified atom stereocenters. The number of benzene rings is 1. The molecule has 1 amide bonds. The van der Waals surface area contributed by atoms with Crippen LogP contribution in [0.2, 0.25) is 0 Å². The molecule has 1 aromatic rings. The highest BCUT2D eigenvalue weighted by atomic mass is 16.1. The summed E-state index contributed by atoms with van der Waals surface area (Å²) >= 11 is 0. The molecule has 0 radical (unpaired) electrons. The Labute approximate surface area is 115 Å². The first-order valence-corrected chi connectivity index (χ1v) is 7.16. The summed E-state index contributed by atoms with van der Waals surface area (Å²) in [5.74, 6) is 0.635. The van der Waals surface area contributed by atoms with Gasteiger partial charge in [0.1, 0.15) is 0 Å². The fraction of sp³-hybridized carbons (Fsp3) is 0.562. The largest absolute Gasteiger partial charge is 0.352 e. The van der Waals surface area contributed by atoms with Crippen LogP contribution in [0.5, 0.6) is 0 Å². The molecular formula is C16H24N2O. The van der Waals surface area contributed by atoms with E-state index in [-0.39, 0.29) is 5.91 Å². The molecule has 3 nitrogen and oxygen atoms in total. The monoisotopic (exact) mass is 260 g/mol. The van der Waals surface area contributed by atoms with Crippen LogP contribution in [-0.2, 0) is 0 Å². The molecule has 1 aliphatic rings. The van der Waals surface area contributed by atoms with Gasteiger partial charge in [0, 0.05) is 18.2 Å². The van der Waals surface area contributed by atoms with Crippen LogP contribution in [0, 0.1) is 19.8 Å². The van der Waals surface area contributed by atoms with Gasteiger partial charge in [-0.25, -0.2) is 0 Å². The Morgan fingerprint density at radius 3 is 2.32 bits per heavy atom. The summed E-state index contributed by atoms with van der Waals surface area (Å²) < 4.78 is 0. The summed E-state index contributed by atoms with van der Waals surface area (Å²) in [7, 11) is 0. The Kier molecular flexibility index (Phi) is 4.59. The molecule has 0 heterocycles. The highest BCUT2D eigenvalue weighted by Gasteiger charge is 2.19. The number of hydrogen-bond acceptors (Lipinski definition) is 2. The van der Waals surface area contributed by atoms with E-state index in [1.807, 2.05) is 26.0 Å². The van der Waals surface area contributed by atoms with E-state index in [1.54, 1.807) is 0 Å². The second-order valence-corrected chi connectivity index (χ2v) is 5.87. The van der Waals surface area contributed by atoms with Crippen LogP contribution in [0.1, 0.15) is 47.2 Å². The quantitative estimate of drug-likeness (QED) is 0.877. The molecule has 1 saturated carbocycles. The highest BCUT2D eigenvalue weighted by molar-refractivity contribution is 5.94. The van der Waals surface area contributed by atoms with E-state index in [2.05, 4.69) is 11.4 Å². The van der Waals surface area contributed by atoms with Crippen LogP contribution in [0.25, 0.3) is 0 Å². The molecular weight excluding hydrogens is 236 g/mol. The van der Waals surface area contributed by atoms with Gasteiger partial charge in [-0.2, -0.15) is 0 Å². The van der Waals surface area contributed by atoms with Gasteiger partial charge in [0.25, 0.3) is 5.91 Å². The summed E-state index contributed by atoms with van der Waals surface area (Å²) in [6, 6.07) is 6.34. The first-order valence-electron chi connectivity index (χ1n) is 7.16. The molecule has 0 aromatic heterocycles. The van der Waals surface area contributed by atoms with Crippen LogP contribution < -0.4 is 11.1 Å². The first-order chi connectivity index (χ1) is 9.04. The maximum atomic E-state index is 12.1. The number of nitrogens with one attached hydrogen (secondary N) is 1. The summed E-state index contributed by atoms with van der Waals surface area (Å²) in [6.07, 6.45) is 4.44. The van der Waals surface area contributed by atoms with Gasteiger partial charge in [0.05, 0.1) is 0 Å². The van der Waals surface area contributed by atoms with Gasteiger partial charge in [-0.15, -0.1) is 0 Å². The zero-order chi connectivity index (χ0) is 13.8. The Morgan fingerprint density at radius 1 is 1.16 bits per heavy atom. The normalized spacial score (nSPS) is 23.1. The van der Waals surface area contributed by atoms with Gasteiger partial charge >= 0.3 is 0 Å². The fourth-order valence-corrected chi connectivity index (χ4v) is 2.84. The highest BCUT2D eigenvalue weighted by Crippen LogP contribution is 2.22. The number of nitrogens with two attached hydrogens (primary N) is 1. The smallest absolute Gasteiger partial charge is 0.251 e. The Balaban J connectivity index is 1.87. The Bertz CT molecular complexity index is 428. The van der Waals surface area contributed by atoms with Crippen molar-refractivity contribution < 1.29 is 4.79 Å². The van der Waals surface area contributed by atoms with Crippen LogP contribution >= 0.6 is 0 Å². The molecule has 3 heteroatoms. The molecule has 0 aliphatic heterocycles. The maximum Gasteiger partial charge on any atom is 0.251 e. The van der Waals surface area contributed by atoms with E-state index >= 15 is 0 Å². The van der Waals surface area contributed by atoms with Crippen molar-refractivity contribution in [2.24, 2.45) is 11.7 Å². The summed E-state index contributed by atoms with van der Waals surface area (Å²) in [5.41, 5.74) is 8.92. The molecule has 3 N–H and O–H groups in total. The fourth-order valence-electron chi connectivity index (χ4n) is 2.84. The lowest BCUT2D eigenvalue weighted by atomic mass is 9.86. The molecule has 104 valence electrons. The number of aryl methyl sites for hydroxylation is 2. The minimum absolute atomic E-state index is 0.0432. The maximum absolute atomic E-state index is 12.1. The van der Waals surface area contributed by atoms with Crippen molar-refractivity contribution in [2.75, 3.05) is 6.54 Å². The second-order valence-electron chi connectivity index (χ2n) is 5.87. The van der Waals surface area contributed by atoms with Crippen molar-refractivity contribution in [3.8, 4) is 0 Å². The minimum Gasteiger partial charge on any atom is -0.352 e. The standard InChI is InChI=1S/C16H24N2O/c1-11-7-12(2)9-14(8-11)16(19)18-10-13-3-5-15(17)6-4-13/h7-9,13,15H,3-6,10,17H2,1-2H3,(H,18,19). The van der Waals surface area contributed by atoms with Crippen molar-refractivity contribution in [1.82, 2.24) is 5.32 Å². The zero-order valence-corrected chi connectivity index (χ0v) is 11.9. The van der Waals surface area contributed by atoms with Crippen LogP contribution in [-0.4, -0.2) is 18.5 Å². The minimum atomic E-state index is 0.0432. The second kappa shape index (κ2) is 6.20.